The van der Waals surface area contributed by atoms with Gasteiger partial charge >= 0.3 is 0 Å². The number of hydrazine groups is 1. The summed E-state index contributed by atoms with van der Waals surface area (Å²) in [4.78, 5) is 0. The Balaban J connectivity index is 2.06. The molecule has 6 heteroatoms. The van der Waals surface area contributed by atoms with Gasteiger partial charge in [-0.1, -0.05) is 29.3 Å². The van der Waals surface area contributed by atoms with Crippen LogP contribution in [-0.2, 0) is 0 Å². The van der Waals surface area contributed by atoms with Crippen LogP contribution in [0.5, 0.6) is 0 Å². The highest BCUT2D eigenvalue weighted by atomic mass is 79.9. The third-order valence-electron chi connectivity index (χ3n) is 3.23. The predicted molar refractivity (Wildman–Crippen MR) is 89.5 cm³/mol. The second-order valence-electron chi connectivity index (χ2n) is 4.60. The van der Waals surface area contributed by atoms with Gasteiger partial charge < -0.3 is 4.42 Å². The summed E-state index contributed by atoms with van der Waals surface area (Å²) in [5.41, 5.74) is 4.43. The molecule has 0 amide bonds. The Morgan fingerprint density at radius 2 is 1.90 bits per heavy atom. The van der Waals surface area contributed by atoms with Gasteiger partial charge in [-0.2, -0.15) is 0 Å². The topological polar surface area (TPSA) is 51.2 Å². The summed E-state index contributed by atoms with van der Waals surface area (Å²) in [5, 5.41) is 2.21. The summed E-state index contributed by atoms with van der Waals surface area (Å²) < 4.78 is 6.68. The van der Waals surface area contributed by atoms with Crippen molar-refractivity contribution in [3.05, 3.63) is 68.3 Å². The summed E-state index contributed by atoms with van der Waals surface area (Å²) in [7, 11) is 0. The maximum absolute atomic E-state index is 6.14. The highest BCUT2D eigenvalue weighted by molar-refractivity contribution is 9.10. The van der Waals surface area contributed by atoms with E-state index in [0.29, 0.717) is 15.8 Å². The summed E-state index contributed by atoms with van der Waals surface area (Å²) in [6.45, 7) is 0. The molecule has 0 radical (unpaired) electrons. The molecule has 3 nitrogen and oxygen atoms in total. The fourth-order valence-electron chi connectivity index (χ4n) is 2.21. The monoisotopic (exact) mass is 384 g/mol. The molecule has 1 atom stereocenters. The summed E-state index contributed by atoms with van der Waals surface area (Å²) in [6.07, 6.45) is 0. The number of hydrogen-bond acceptors (Lipinski definition) is 3. The number of fused-ring (bicyclic) bond motifs is 1. The van der Waals surface area contributed by atoms with Gasteiger partial charge in [0.1, 0.15) is 17.4 Å². The van der Waals surface area contributed by atoms with Gasteiger partial charge in [0.2, 0.25) is 0 Å². The first kappa shape index (κ1) is 14.9. The lowest BCUT2D eigenvalue weighted by molar-refractivity contribution is 0.477. The fourth-order valence-corrected chi connectivity index (χ4v) is 2.83. The smallest absolute Gasteiger partial charge is 0.134 e. The quantitative estimate of drug-likeness (QED) is 0.489. The second kappa shape index (κ2) is 5.99. The molecule has 1 unspecified atom stereocenters. The number of hydrogen-bond donors (Lipinski definition) is 2. The van der Waals surface area contributed by atoms with E-state index in [1.54, 1.807) is 6.07 Å². The molecule has 0 saturated carbocycles. The fraction of sp³-hybridized carbons (Fsp3) is 0.0667. The molecule has 1 heterocycles. The van der Waals surface area contributed by atoms with Crippen molar-refractivity contribution in [1.29, 1.82) is 0 Å². The van der Waals surface area contributed by atoms with E-state index in [4.69, 9.17) is 33.5 Å². The van der Waals surface area contributed by atoms with Crippen molar-refractivity contribution < 1.29 is 4.42 Å². The number of rotatable bonds is 3. The molecule has 0 saturated heterocycles. The van der Waals surface area contributed by atoms with E-state index in [1.807, 2.05) is 36.4 Å². The minimum atomic E-state index is -0.290. The third-order valence-corrected chi connectivity index (χ3v) is 4.69. The zero-order chi connectivity index (χ0) is 15.0. The molecule has 0 bridgehead atoms. The van der Waals surface area contributed by atoms with Gasteiger partial charge in [-0.05, 0) is 57.9 Å². The Bertz CT molecular complexity index is 803. The molecule has 2 aromatic carbocycles. The van der Waals surface area contributed by atoms with Crippen LogP contribution < -0.4 is 11.3 Å². The van der Waals surface area contributed by atoms with E-state index in [9.17, 15) is 0 Å². The Morgan fingerprint density at radius 3 is 2.62 bits per heavy atom. The van der Waals surface area contributed by atoms with Crippen molar-refractivity contribution in [2.24, 2.45) is 5.84 Å². The Kier molecular flexibility index (Phi) is 4.24. The van der Waals surface area contributed by atoms with Crippen LogP contribution in [0.15, 0.2) is 51.4 Å². The molecule has 1 aromatic heterocycles. The molecule has 0 aliphatic carbocycles. The SMILES string of the molecule is NNC(c1ccc(Br)c(Cl)c1)c1cc2cc(Cl)ccc2o1. The lowest BCUT2D eigenvalue weighted by Gasteiger charge is -2.14. The molecule has 108 valence electrons. The average Bonchev–Trinajstić information content (AvgIpc) is 2.86. The standard InChI is InChI=1S/C15H11BrCl2N2O/c16-11-3-1-8(6-12(11)18)15(20-19)14-7-9-5-10(17)2-4-13(9)21-14/h1-7,15,20H,19H2. The molecule has 3 N–H and O–H groups in total. The first-order chi connectivity index (χ1) is 10.1. The van der Waals surface area contributed by atoms with Crippen LogP contribution in [0.2, 0.25) is 10.0 Å². The molecule has 0 fully saturated rings. The largest absolute Gasteiger partial charge is 0.459 e. The lowest BCUT2D eigenvalue weighted by atomic mass is 10.1. The Morgan fingerprint density at radius 1 is 1.10 bits per heavy atom. The van der Waals surface area contributed by atoms with Crippen LogP contribution in [0, 0.1) is 0 Å². The maximum atomic E-state index is 6.14. The molecule has 0 spiro atoms. The van der Waals surface area contributed by atoms with Crippen LogP contribution >= 0.6 is 39.1 Å². The van der Waals surface area contributed by atoms with Gasteiger partial charge in [-0.3, -0.25) is 5.84 Å². The predicted octanol–water partition coefficient (Wildman–Crippen LogP) is 5.05. The van der Waals surface area contributed by atoms with Crippen LogP contribution in [-0.4, -0.2) is 0 Å². The number of nitrogens with two attached hydrogens (primary N) is 1. The van der Waals surface area contributed by atoms with Crippen LogP contribution in [0.3, 0.4) is 0 Å². The van der Waals surface area contributed by atoms with Crippen molar-refractivity contribution >= 4 is 50.1 Å². The zero-order valence-corrected chi connectivity index (χ0v) is 13.8. The number of furan rings is 1. The highest BCUT2D eigenvalue weighted by Crippen LogP contribution is 2.32. The van der Waals surface area contributed by atoms with Gasteiger partial charge in [0.15, 0.2) is 0 Å². The van der Waals surface area contributed by atoms with E-state index in [1.165, 1.54) is 0 Å². The summed E-state index contributed by atoms with van der Waals surface area (Å²) >= 11 is 15.5. The Labute approximate surface area is 140 Å². The van der Waals surface area contributed by atoms with Gasteiger partial charge in [0.05, 0.1) is 5.02 Å². The van der Waals surface area contributed by atoms with Gasteiger partial charge in [-0.25, -0.2) is 5.43 Å². The van der Waals surface area contributed by atoms with Gasteiger partial charge in [0, 0.05) is 14.9 Å². The lowest BCUT2D eigenvalue weighted by Crippen LogP contribution is -2.28. The van der Waals surface area contributed by atoms with E-state index in [2.05, 4.69) is 21.4 Å². The van der Waals surface area contributed by atoms with Crippen molar-refractivity contribution in [2.75, 3.05) is 0 Å². The maximum Gasteiger partial charge on any atom is 0.134 e. The summed E-state index contributed by atoms with van der Waals surface area (Å²) in [6, 6.07) is 12.8. The average molecular weight is 386 g/mol. The van der Waals surface area contributed by atoms with E-state index >= 15 is 0 Å². The van der Waals surface area contributed by atoms with Crippen molar-refractivity contribution in [2.45, 2.75) is 6.04 Å². The third kappa shape index (κ3) is 2.96. The van der Waals surface area contributed by atoms with Gasteiger partial charge in [0.25, 0.3) is 0 Å². The minimum Gasteiger partial charge on any atom is -0.459 e. The number of benzene rings is 2. The molecule has 21 heavy (non-hydrogen) atoms. The molecule has 3 aromatic rings. The van der Waals surface area contributed by atoms with E-state index < -0.39 is 0 Å². The normalized spacial score (nSPS) is 12.8. The second-order valence-corrected chi connectivity index (χ2v) is 6.30. The molecule has 0 aliphatic rings. The van der Waals surface area contributed by atoms with Crippen molar-refractivity contribution in [3.63, 3.8) is 0 Å². The van der Waals surface area contributed by atoms with E-state index in [0.717, 1.165) is 21.0 Å². The first-order valence-electron chi connectivity index (χ1n) is 6.18. The summed E-state index contributed by atoms with van der Waals surface area (Å²) in [5.74, 6) is 6.39. The van der Waals surface area contributed by atoms with Crippen LogP contribution in [0.1, 0.15) is 17.4 Å². The number of halogens is 3. The molecule has 0 aliphatic heterocycles. The molecular weight excluding hydrogens is 375 g/mol. The molecule has 3 rings (SSSR count). The van der Waals surface area contributed by atoms with Crippen LogP contribution in [0.4, 0.5) is 0 Å². The molecular formula is C15H11BrCl2N2O. The minimum absolute atomic E-state index is 0.290. The van der Waals surface area contributed by atoms with Crippen LogP contribution in [0.25, 0.3) is 11.0 Å². The van der Waals surface area contributed by atoms with E-state index in [-0.39, 0.29) is 6.04 Å². The van der Waals surface area contributed by atoms with Crippen molar-refractivity contribution in [1.82, 2.24) is 5.43 Å². The number of nitrogens with one attached hydrogen (secondary N) is 1. The first-order valence-corrected chi connectivity index (χ1v) is 7.73. The van der Waals surface area contributed by atoms with Gasteiger partial charge in [-0.15, -0.1) is 0 Å². The van der Waals surface area contributed by atoms with Crippen molar-refractivity contribution in [3.8, 4) is 0 Å². The highest BCUT2D eigenvalue weighted by Gasteiger charge is 2.18. The zero-order valence-electron chi connectivity index (χ0n) is 10.7. The Hall–Kier alpha value is -1.04.